The Bertz CT molecular complexity index is 537. The summed E-state index contributed by atoms with van der Waals surface area (Å²) in [6, 6.07) is -2.63. The second-order valence-corrected chi connectivity index (χ2v) is 6.47. The van der Waals surface area contributed by atoms with Crippen LogP contribution in [-0.2, 0) is 24.0 Å². The molecule has 0 aliphatic heterocycles. The Balaban J connectivity index is 0. The van der Waals surface area contributed by atoms with E-state index in [9.17, 15) is 24.0 Å². The quantitative estimate of drug-likeness (QED) is 0.208. The summed E-state index contributed by atoms with van der Waals surface area (Å²) in [5.41, 5.74) is 4.84. The smallest absolute Gasteiger partial charge is 0.326 e. The molecule has 0 radical (unpaired) electrons. The fourth-order valence-electron chi connectivity index (χ4n) is 2.16. The number of hydrogen-bond acceptors (Lipinski definition) is 6. The first-order chi connectivity index (χ1) is 13.5. The molecular weight excluding hydrogens is 388 g/mol. The molecule has 11 heteroatoms. The first kappa shape index (κ1) is 28.5. The largest absolute Gasteiger partial charge is 0.481 e. The Kier molecular flexibility index (Phi) is 17.1. The van der Waals surface area contributed by atoms with Crippen LogP contribution < -0.4 is 11.1 Å². The van der Waals surface area contributed by atoms with E-state index < -0.39 is 54.7 Å². The highest BCUT2D eigenvalue weighted by molar-refractivity contribution is 5.86. The molecule has 11 nitrogen and oxygen atoms in total. The van der Waals surface area contributed by atoms with Crippen molar-refractivity contribution in [1.82, 2.24) is 5.32 Å². The standard InChI is InChI=1S/C14H25NO5.C4H7NO4/c1-2-3-4-5-6-7-8-9-12(16)15-11(14(19)20)10-13(17)18;5-2(4(8)9)1-3(6)7/h11H,2-10H2,1H3,(H,15,16)(H,17,18)(H,19,20);2H,1,5H2,(H,6,7)(H,8,9)/t11-;/m0./s1. The Hall–Kier alpha value is -2.69. The molecule has 0 fully saturated rings. The topological polar surface area (TPSA) is 204 Å². The van der Waals surface area contributed by atoms with Crippen LogP contribution in [0, 0.1) is 0 Å². The van der Waals surface area contributed by atoms with Crippen LogP contribution in [0.15, 0.2) is 0 Å². The van der Waals surface area contributed by atoms with Gasteiger partial charge in [-0.15, -0.1) is 0 Å². The molecule has 0 aliphatic rings. The molecule has 0 saturated heterocycles. The SMILES string of the molecule is CCCCCCCCCC(=O)N[C@@H](CC(=O)O)C(=O)O.NC(CC(=O)O)C(=O)O. The van der Waals surface area contributed by atoms with Crippen LogP contribution in [0.2, 0.25) is 0 Å². The van der Waals surface area contributed by atoms with Crippen molar-refractivity contribution in [3.63, 3.8) is 0 Å². The van der Waals surface area contributed by atoms with E-state index >= 15 is 0 Å². The van der Waals surface area contributed by atoms with Gasteiger partial charge in [0.2, 0.25) is 5.91 Å². The van der Waals surface area contributed by atoms with Crippen LogP contribution in [0.25, 0.3) is 0 Å². The van der Waals surface area contributed by atoms with Crippen molar-refractivity contribution in [3.05, 3.63) is 0 Å². The molecular formula is C18H32N2O9. The van der Waals surface area contributed by atoms with Crippen LogP contribution in [-0.4, -0.2) is 62.3 Å². The molecule has 29 heavy (non-hydrogen) atoms. The lowest BCUT2D eigenvalue weighted by Crippen LogP contribution is -2.42. The van der Waals surface area contributed by atoms with E-state index in [1.807, 2.05) is 0 Å². The molecule has 0 heterocycles. The number of aliphatic carboxylic acids is 4. The van der Waals surface area contributed by atoms with E-state index in [0.29, 0.717) is 6.42 Å². The number of amides is 1. The maximum atomic E-state index is 11.5. The predicted molar refractivity (Wildman–Crippen MR) is 102 cm³/mol. The summed E-state index contributed by atoms with van der Waals surface area (Å²) >= 11 is 0. The molecule has 0 spiro atoms. The van der Waals surface area contributed by atoms with Crippen LogP contribution in [0.1, 0.15) is 71.1 Å². The summed E-state index contributed by atoms with van der Waals surface area (Å²) in [6.45, 7) is 2.15. The minimum Gasteiger partial charge on any atom is -0.481 e. The molecule has 0 rings (SSSR count). The average Bonchev–Trinajstić information content (AvgIpc) is 2.59. The van der Waals surface area contributed by atoms with E-state index in [2.05, 4.69) is 12.2 Å². The third-order valence-electron chi connectivity index (χ3n) is 3.73. The van der Waals surface area contributed by atoms with Crippen molar-refractivity contribution in [2.45, 2.75) is 83.2 Å². The van der Waals surface area contributed by atoms with Gasteiger partial charge in [0.1, 0.15) is 12.1 Å². The lowest BCUT2D eigenvalue weighted by atomic mass is 10.1. The molecule has 0 aliphatic carbocycles. The number of carboxylic acids is 4. The van der Waals surface area contributed by atoms with Gasteiger partial charge in [0.15, 0.2) is 0 Å². The normalized spacial score (nSPS) is 12.1. The van der Waals surface area contributed by atoms with Crippen molar-refractivity contribution in [1.29, 1.82) is 0 Å². The third kappa shape index (κ3) is 19.9. The maximum Gasteiger partial charge on any atom is 0.326 e. The van der Waals surface area contributed by atoms with Crippen LogP contribution >= 0.6 is 0 Å². The van der Waals surface area contributed by atoms with E-state index in [4.69, 9.17) is 26.2 Å². The minimum atomic E-state index is -1.34. The lowest BCUT2D eigenvalue weighted by molar-refractivity contribution is -0.147. The average molecular weight is 420 g/mol. The number of hydrogen-bond donors (Lipinski definition) is 6. The number of carbonyl (C=O) groups excluding carboxylic acids is 1. The van der Waals surface area contributed by atoms with Gasteiger partial charge in [0.05, 0.1) is 12.8 Å². The number of nitrogens with two attached hydrogens (primary N) is 1. The van der Waals surface area contributed by atoms with Gasteiger partial charge in [0.25, 0.3) is 0 Å². The summed E-state index contributed by atoms with van der Waals surface area (Å²) in [5.74, 6) is -5.46. The number of carbonyl (C=O) groups is 5. The zero-order valence-corrected chi connectivity index (χ0v) is 16.6. The molecule has 2 atom stereocenters. The first-order valence-corrected chi connectivity index (χ1v) is 9.45. The number of carboxylic acid groups (broad SMARTS) is 4. The van der Waals surface area contributed by atoms with E-state index in [-0.39, 0.29) is 6.42 Å². The number of nitrogens with one attached hydrogen (secondary N) is 1. The Morgan fingerprint density at radius 2 is 1.24 bits per heavy atom. The van der Waals surface area contributed by atoms with E-state index in [0.717, 1.165) is 19.3 Å². The van der Waals surface area contributed by atoms with Gasteiger partial charge in [-0.3, -0.25) is 19.2 Å². The molecule has 0 saturated carbocycles. The molecule has 0 aromatic heterocycles. The van der Waals surface area contributed by atoms with Crippen molar-refractivity contribution in [3.8, 4) is 0 Å². The predicted octanol–water partition coefficient (Wildman–Crippen LogP) is 1.04. The number of unbranched alkanes of at least 4 members (excludes halogenated alkanes) is 6. The third-order valence-corrected chi connectivity index (χ3v) is 3.73. The van der Waals surface area contributed by atoms with E-state index in [1.54, 1.807) is 0 Å². The molecule has 0 aromatic rings. The lowest BCUT2D eigenvalue weighted by Gasteiger charge is -2.12. The molecule has 0 bridgehead atoms. The Morgan fingerprint density at radius 1 is 0.759 bits per heavy atom. The fraction of sp³-hybridized carbons (Fsp3) is 0.722. The first-order valence-electron chi connectivity index (χ1n) is 9.45. The van der Waals surface area contributed by atoms with Gasteiger partial charge in [-0.2, -0.15) is 0 Å². The van der Waals surface area contributed by atoms with Crippen LogP contribution in [0.5, 0.6) is 0 Å². The zero-order valence-electron chi connectivity index (χ0n) is 16.6. The highest BCUT2D eigenvalue weighted by Crippen LogP contribution is 2.08. The summed E-state index contributed by atoms with van der Waals surface area (Å²) in [6.07, 6.45) is 6.63. The highest BCUT2D eigenvalue weighted by atomic mass is 16.4. The molecule has 0 aromatic carbocycles. The molecule has 168 valence electrons. The van der Waals surface area contributed by atoms with Crippen LogP contribution in [0.3, 0.4) is 0 Å². The molecule has 7 N–H and O–H groups in total. The van der Waals surface area contributed by atoms with Gasteiger partial charge < -0.3 is 31.5 Å². The fourth-order valence-corrected chi connectivity index (χ4v) is 2.16. The summed E-state index contributed by atoms with van der Waals surface area (Å²) < 4.78 is 0. The zero-order chi connectivity index (χ0) is 22.8. The van der Waals surface area contributed by atoms with Gasteiger partial charge in [0, 0.05) is 6.42 Å². The summed E-state index contributed by atoms with van der Waals surface area (Å²) in [4.78, 5) is 52.4. The monoisotopic (exact) mass is 420 g/mol. The number of rotatable bonds is 15. The van der Waals surface area contributed by atoms with Gasteiger partial charge >= 0.3 is 23.9 Å². The summed E-state index contributed by atoms with van der Waals surface area (Å²) in [7, 11) is 0. The van der Waals surface area contributed by atoms with Crippen LogP contribution in [0.4, 0.5) is 0 Å². The minimum absolute atomic E-state index is 0.247. The van der Waals surface area contributed by atoms with Gasteiger partial charge in [-0.05, 0) is 6.42 Å². The maximum absolute atomic E-state index is 11.5. The van der Waals surface area contributed by atoms with Gasteiger partial charge in [-0.1, -0.05) is 45.4 Å². The van der Waals surface area contributed by atoms with E-state index in [1.165, 1.54) is 19.3 Å². The van der Waals surface area contributed by atoms with Crippen molar-refractivity contribution >= 4 is 29.8 Å². The van der Waals surface area contributed by atoms with Gasteiger partial charge in [-0.25, -0.2) is 4.79 Å². The molecule has 1 unspecified atom stereocenters. The van der Waals surface area contributed by atoms with Crippen molar-refractivity contribution in [2.75, 3.05) is 0 Å². The van der Waals surface area contributed by atoms with Crippen molar-refractivity contribution < 1.29 is 44.4 Å². The second-order valence-electron chi connectivity index (χ2n) is 6.47. The second kappa shape index (κ2) is 17.4. The Morgan fingerprint density at radius 3 is 1.62 bits per heavy atom. The summed E-state index contributed by atoms with van der Waals surface area (Å²) in [5, 5.41) is 35.6. The van der Waals surface area contributed by atoms with Crippen molar-refractivity contribution in [2.24, 2.45) is 5.73 Å². The highest BCUT2D eigenvalue weighted by Gasteiger charge is 2.22. The Labute approximate surface area is 169 Å². The molecule has 1 amide bonds.